The maximum atomic E-state index is 13.6. The summed E-state index contributed by atoms with van der Waals surface area (Å²) in [6.07, 6.45) is 0. The van der Waals surface area contributed by atoms with Gasteiger partial charge in [-0.3, -0.25) is 4.79 Å². The zero-order chi connectivity index (χ0) is 14.7. The number of nitrogens with zero attached hydrogens (tertiary/aromatic N) is 2. The largest absolute Gasteiger partial charge is 0.360 e. The van der Waals surface area contributed by atoms with Gasteiger partial charge < -0.3 is 10.6 Å². The van der Waals surface area contributed by atoms with Gasteiger partial charge >= 0.3 is 0 Å². The molecule has 0 saturated carbocycles. The molecule has 1 aromatic carbocycles. The Hall–Kier alpha value is -1.61. The molecule has 0 atom stereocenters. The number of hydrogen-bond donors (Lipinski definition) is 2. The summed E-state index contributed by atoms with van der Waals surface area (Å²) >= 11 is 4.03. The smallest absolute Gasteiger partial charge is 0.286 e. The third kappa shape index (κ3) is 3.28. The van der Waals surface area contributed by atoms with Crippen LogP contribution in [0.5, 0.6) is 0 Å². The predicted octanol–water partition coefficient (Wildman–Crippen LogP) is 3.26. The van der Waals surface area contributed by atoms with Crippen molar-refractivity contribution in [3.05, 3.63) is 33.2 Å². The number of halogens is 3. The van der Waals surface area contributed by atoms with Crippen LogP contribution in [0.15, 0.2) is 16.6 Å². The molecule has 9 heteroatoms. The summed E-state index contributed by atoms with van der Waals surface area (Å²) in [6.45, 7) is 2.53. The second kappa shape index (κ2) is 6.23. The molecule has 1 amide bonds. The summed E-state index contributed by atoms with van der Waals surface area (Å²) in [5.74, 6) is -2.22. The average molecular weight is 363 g/mol. The van der Waals surface area contributed by atoms with E-state index in [1.165, 1.54) is 0 Å². The van der Waals surface area contributed by atoms with E-state index in [1.807, 2.05) is 6.92 Å². The molecule has 0 spiro atoms. The Morgan fingerprint density at radius 2 is 2.15 bits per heavy atom. The van der Waals surface area contributed by atoms with E-state index in [9.17, 15) is 13.6 Å². The van der Waals surface area contributed by atoms with E-state index >= 15 is 0 Å². The molecule has 0 saturated heterocycles. The minimum atomic E-state index is -0.873. The van der Waals surface area contributed by atoms with Gasteiger partial charge in [0.15, 0.2) is 5.82 Å². The lowest BCUT2D eigenvalue weighted by atomic mass is 10.3. The Morgan fingerprint density at radius 3 is 2.80 bits per heavy atom. The minimum absolute atomic E-state index is 0.0802. The van der Waals surface area contributed by atoms with Crippen molar-refractivity contribution in [1.29, 1.82) is 0 Å². The van der Waals surface area contributed by atoms with Crippen molar-refractivity contribution in [3.63, 3.8) is 0 Å². The van der Waals surface area contributed by atoms with Crippen LogP contribution in [0.3, 0.4) is 0 Å². The fraction of sp³-hybridized carbons (Fsp3) is 0.182. The lowest BCUT2D eigenvalue weighted by Gasteiger charge is -2.06. The summed E-state index contributed by atoms with van der Waals surface area (Å²) in [5, 5.41) is 13.3. The quantitative estimate of drug-likeness (QED) is 0.875. The monoisotopic (exact) mass is 362 g/mol. The van der Waals surface area contributed by atoms with Crippen molar-refractivity contribution in [2.45, 2.75) is 6.92 Å². The lowest BCUT2D eigenvalue weighted by Crippen LogP contribution is -2.13. The number of nitrogens with one attached hydrogen (secondary N) is 2. The number of hydrogen-bond acceptors (Lipinski definition) is 5. The number of benzene rings is 1. The topological polar surface area (TPSA) is 66.9 Å². The molecule has 0 radical (unpaired) electrons. The lowest BCUT2D eigenvalue weighted by molar-refractivity contribution is 0.102. The Balaban J connectivity index is 2.19. The minimum Gasteiger partial charge on any atom is -0.360 e. The molecule has 5 nitrogen and oxygen atoms in total. The highest BCUT2D eigenvalue weighted by atomic mass is 79.9. The van der Waals surface area contributed by atoms with Crippen LogP contribution in [0.25, 0.3) is 0 Å². The molecule has 1 aromatic heterocycles. The number of anilines is 2. The first-order valence-corrected chi connectivity index (χ1v) is 7.15. The first-order valence-electron chi connectivity index (χ1n) is 5.54. The fourth-order valence-corrected chi connectivity index (χ4v) is 2.58. The van der Waals surface area contributed by atoms with Gasteiger partial charge in [0.2, 0.25) is 10.1 Å². The maximum absolute atomic E-state index is 13.6. The van der Waals surface area contributed by atoms with E-state index in [0.717, 1.165) is 17.4 Å². The van der Waals surface area contributed by atoms with Crippen molar-refractivity contribution in [3.8, 4) is 0 Å². The van der Waals surface area contributed by atoms with E-state index in [-0.39, 0.29) is 15.2 Å². The van der Waals surface area contributed by atoms with Crippen LogP contribution in [0, 0.1) is 11.6 Å². The van der Waals surface area contributed by atoms with Gasteiger partial charge in [-0.15, -0.1) is 10.2 Å². The molecule has 0 unspecified atom stereocenters. The first-order chi connectivity index (χ1) is 9.51. The SMILES string of the molecule is CCNc1nnc(C(=O)Nc2c(F)cc(F)cc2Br)s1. The summed E-state index contributed by atoms with van der Waals surface area (Å²) in [4.78, 5) is 11.9. The van der Waals surface area contributed by atoms with E-state index < -0.39 is 17.5 Å². The van der Waals surface area contributed by atoms with Crippen LogP contribution in [-0.4, -0.2) is 22.6 Å². The second-order valence-corrected chi connectivity index (χ2v) is 5.47. The van der Waals surface area contributed by atoms with Crippen LogP contribution < -0.4 is 10.6 Å². The van der Waals surface area contributed by atoms with Gasteiger partial charge in [0.05, 0.1) is 5.69 Å². The molecule has 20 heavy (non-hydrogen) atoms. The zero-order valence-electron chi connectivity index (χ0n) is 10.2. The third-order valence-electron chi connectivity index (χ3n) is 2.19. The van der Waals surface area contributed by atoms with Gasteiger partial charge in [0, 0.05) is 17.1 Å². The molecule has 0 aliphatic heterocycles. The molecule has 0 fully saturated rings. The normalized spacial score (nSPS) is 10.4. The van der Waals surface area contributed by atoms with Crippen molar-refractivity contribution in [2.24, 2.45) is 0 Å². The highest BCUT2D eigenvalue weighted by molar-refractivity contribution is 9.10. The van der Waals surface area contributed by atoms with Crippen LogP contribution in [0.2, 0.25) is 0 Å². The zero-order valence-corrected chi connectivity index (χ0v) is 12.6. The molecule has 2 N–H and O–H groups in total. The molecule has 106 valence electrons. The molecule has 2 aromatic rings. The van der Waals surface area contributed by atoms with Crippen molar-refractivity contribution in [2.75, 3.05) is 17.2 Å². The van der Waals surface area contributed by atoms with E-state index in [0.29, 0.717) is 17.7 Å². The predicted molar refractivity (Wildman–Crippen MR) is 76.1 cm³/mol. The third-order valence-corrected chi connectivity index (χ3v) is 3.70. The van der Waals surface area contributed by atoms with Gasteiger partial charge in [0.1, 0.15) is 5.82 Å². The molecular weight excluding hydrogens is 354 g/mol. The Kier molecular flexibility index (Phi) is 4.61. The van der Waals surface area contributed by atoms with Crippen LogP contribution >= 0.6 is 27.3 Å². The Bertz CT molecular complexity index is 626. The van der Waals surface area contributed by atoms with Crippen LogP contribution in [-0.2, 0) is 0 Å². The number of amides is 1. The average Bonchev–Trinajstić information content (AvgIpc) is 2.82. The van der Waals surface area contributed by atoms with Crippen LogP contribution in [0.4, 0.5) is 19.6 Å². The Morgan fingerprint density at radius 1 is 1.40 bits per heavy atom. The number of aromatic nitrogens is 2. The molecule has 0 aliphatic carbocycles. The van der Waals surface area contributed by atoms with Crippen molar-refractivity contribution < 1.29 is 13.6 Å². The summed E-state index contributed by atoms with van der Waals surface area (Å²) < 4.78 is 26.6. The van der Waals surface area contributed by atoms with E-state index in [2.05, 4.69) is 36.8 Å². The molecule has 1 heterocycles. The molecule has 0 bridgehead atoms. The fourth-order valence-electron chi connectivity index (χ4n) is 1.37. The summed E-state index contributed by atoms with van der Waals surface area (Å²) in [5.41, 5.74) is -0.142. The van der Waals surface area contributed by atoms with Gasteiger partial charge in [0.25, 0.3) is 5.91 Å². The number of carbonyl (C=O) groups excluding carboxylic acids is 1. The van der Waals surface area contributed by atoms with Gasteiger partial charge in [-0.1, -0.05) is 11.3 Å². The number of rotatable bonds is 4. The highest BCUT2D eigenvalue weighted by Crippen LogP contribution is 2.27. The van der Waals surface area contributed by atoms with E-state index in [1.54, 1.807) is 0 Å². The Labute approximate surface area is 125 Å². The molecule has 0 aliphatic rings. The van der Waals surface area contributed by atoms with E-state index in [4.69, 9.17) is 0 Å². The standard InChI is InChI=1S/C11H9BrF2N4OS/c1-2-15-11-18-17-10(20-11)9(19)16-8-6(12)3-5(13)4-7(8)14/h3-4H,2H2,1H3,(H,15,18)(H,16,19). The van der Waals surface area contributed by atoms with Gasteiger partial charge in [-0.2, -0.15) is 0 Å². The maximum Gasteiger partial charge on any atom is 0.286 e. The molecular formula is C11H9BrF2N4OS. The summed E-state index contributed by atoms with van der Waals surface area (Å²) in [6, 6.07) is 1.74. The second-order valence-electron chi connectivity index (χ2n) is 3.64. The van der Waals surface area contributed by atoms with Crippen molar-refractivity contribution >= 4 is 44.0 Å². The van der Waals surface area contributed by atoms with Gasteiger partial charge in [-0.05, 0) is 28.9 Å². The molecule has 2 rings (SSSR count). The number of carbonyl (C=O) groups is 1. The highest BCUT2D eigenvalue weighted by Gasteiger charge is 2.17. The first kappa shape index (κ1) is 14.8. The summed E-state index contributed by atoms with van der Waals surface area (Å²) in [7, 11) is 0. The van der Waals surface area contributed by atoms with Crippen molar-refractivity contribution in [1.82, 2.24) is 10.2 Å². The van der Waals surface area contributed by atoms with Crippen LogP contribution in [0.1, 0.15) is 16.7 Å². The van der Waals surface area contributed by atoms with Gasteiger partial charge in [-0.25, -0.2) is 8.78 Å².